The van der Waals surface area contributed by atoms with Crippen molar-refractivity contribution in [1.29, 1.82) is 5.41 Å². The number of nitrogens with one attached hydrogen (secondary N) is 2. The number of rotatable bonds is 13. The van der Waals surface area contributed by atoms with Crippen molar-refractivity contribution < 1.29 is 19.1 Å². The summed E-state index contributed by atoms with van der Waals surface area (Å²) in [5.74, 6) is -0.144. The zero-order valence-electron chi connectivity index (χ0n) is 25.6. The highest BCUT2D eigenvalue weighted by Crippen LogP contribution is 2.25. The van der Waals surface area contributed by atoms with E-state index < -0.39 is 17.2 Å². The molecule has 0 radical (unpaired) electrons. The van der Waals surface area contributed by atoms with E-state index in [1.165, 1.54) is 11.1 Å². The van der Waals surface area contributed by atoms with Gasteiger partial charge in [0.15, 0.2) is 0 Å². The Hall–Kier alpha value is -3.20. The van der Waals surface area contributed by atoms with E-state index in [1.807, 2.05) is 59.0 Å². The van der Waals surface area contributed by atoms with Gasteiger partial charge in [-0.15, -0.1) is 0 Å². The second kappa shape index (κ2) is 15.0. The molecule has 1 aliphatic rings. The Balaban J connectivity index is 2.27. The Kier molecular flexibility index (Phi) is 12.4. The summed E-state index contributed by atoms with van der Waals surface area (Å²) in [5.41, 5.74) is 0.910. The molecule has 1 aromatic rings. The molecule has 9 nitrogen and oxygen atoms in total. The lowest BCUT2D eigenvalue weighted by Gasteiger charge is -2.34. The van der Waals surface area contributed by atoms with Crippen molar-refractivity contribution in [3.8, 4) is 0 Å². The third-order valence-corrected chi connectivity index (χ3v) is 6.85. The summed E-state index contributed by atoms with van der Waals surface area (Å²) in [7, 11) is 3.40. The number of allylic oxidation sites excluding steroid dienone is 1. The first-order chi connectivity index (χ1) is 18.8. The van der Waals surface area contributed by atoms with E-state index in [4.69, 9.17) is 14.9 Å². The molecule has 1 unspecified atom stereocenters. The van der Waals surface area contributed by atoms with Crippen LogP contribution in [0.3, 0.4) is 0 Å². The van der Waals surface area contributed by atoms with E-state index >= 15 is 0 Å². The Morgan fingerprint density at radius 2 is 1.98 bits per heavy atom. The molecule has 2 N–H and O–H groups in total. The molecular formula is C31H49N5O4. The predicted molar refractivity (Wildman–Crippen MR) is 161 cm³/mol. The molecule has 0 saturated carbocycles. The van der Waals surface area contributed by atoms with Gasteiger partial charge in [-0.25, -0.2) is 4.79 Å². The van der Waals surface area contributed by atoms with Gasteiger partial charge in [-0.2, -0.15) is 0 Å². The highest BCUT2D eigenvalue weighted by atomic mass is 16.6. The molecule has 3 atom stereocenters. The highest BCUT2D eigenvalue weighted by molar-refractivity contribution is 5.92. The average Bonchev–Trinajstić information content (AvgIpc) is 3.38. The minimum atomic E-state index is -0.825. The van der Waals surface area contributed by atoms with E-state index in [9.17, 15) is 9.59 Å². The number of carbonyl (C=O) groups excluding carboxylic acids is 2. The molecule has 2 amide bonds. The number of hydrogen-bond acceptors (Lipinski definition) is 7. The van der Waals surface area contributed by atoms with Crippen LogP contribution in [0.4, 0.5) is 4.79 Å². The van der Waals surface area contributed by atoms with Crippen LogP contribution in [0.15, 0.2) is 36.7 Å². The van der Waals surface area contributed by atoms with Crippen molar-refractivity contribution in [1.82, 2.24) is 20.1 Å². The van der Waals surface area contributed by atoms with Crippen molar-refractivity contribution in [2.75, 3.05) is 27.2 Å². The van der Waals surface area contributed by atoms with Crippen LogP contribution in [-0.2, 0) is 9.47 Å². The number of amides is 2. The van der Waals surface area contributed by atoms with Crippen LogP contribution in [0.5, 0.6) is 0 Å². The SMILES string of the molecule is CCCCO[C@@](C)(/C=C/[C@@H]1CCCN1C(=O)OC(C)(C)C)C(C=N)N/C=C(\CC)c1ccc(C(=O)N(C)C)nc1. The fourth-order valence-corrected chi connectivity index (χ4v) is 4.42. The van der Waals surface area contributed by atoms with Crippen LogP contribution in [0.25, 0.3) is 5.57 Å². The molecule has 40 heavy (non-hydrogen) atoms. The molecule has 2 rings (SSSR count). The third-order valence-electron chi connectivity index (χ3n) is 6.85. The summed E-state index contributed by atoms with van der Waals surface area (Å²) < 4.78 is 12.0. The number of likely N-dealkylation sites (tertiary alicyclic amines) is 1. The molecule has 222 valence electrons. The Morgan fingerprint density at radius 3 is 2.52 bits per heavy atom. The van der Waals surface area contributed by atoms with Gasteiger partial charge in [0.1, 0.15) is 16.9 Å². The van der Waals surface area contributed by atoms with E-state index in [0.717, 1.165) is 43.2 Å². The number of nitrogens with zero attached hydrogens (tertiary/aromatic N) is 3. The van der Waals surface area contributed by atoms with Crippen LogP contribution < -0.4 is 5.32 Å². The zero-order valence-corrected chi connectivity index (χ0v) is 25.6. The molecule has 0 spiro atoms. The summed E-state index contributed by atoms with van der Waals surface area (Å²) in [5, 5.41) is 11.6. The van der Waals surface area contributed by atoms with Gasteiger partial charge in [-0.3, -0.25) is 9.78 Å². The minimum Gasteiger partial charge on any atom is -0.444 e. The standard InChI is InChI=1S/C31H49N5O4/c1-9-11-19-39-31(6,17-16-25-13-12-18-36(25)29(38)40-30(3,4)5)27(20-32)34-21-23(10-2)24-14-15-26(33-22-24)28(37)35(7)8/h14-17,20-22,25,27,32,34H,9-13,18-19H2,1-8H3/b17-16+,23-21+,32-20?/t25-,27?,31-/m0/s1. The number of carbonyl (C=O) groups is 2. The lowest BCUT2D eigenvalue weighted by molar-refractivity contribution is -0.00541. The molecule has 1 saturated heterocycles. The van der Waals surface area contributed by atoms with Crippen molar-refractivity contribution >= 4 is 23.8 Å². The minimum absolute atomic E-state index is 0.0912. The van der Waals surface area contributed by atoms with Crippen molar-refractivity contribution in [3.63, 3.8) is 0 Å². The molecule has 2 heterocycles. The normalized spacial score (nSPS) is 18.4. The average molecular weight is 556 g/mol. The summed E-state index contributed by atoms with van der Waals surface area (Å²) in [6.07, 6.45) is 13.1. The Bertz CT molecular complexity index is 1040. The van der Waals surface area contributed by atoms with Gasteiger partial charge < -0.3 is 30.0 Å². The molecule has 9 heteroatoms. The van der Waals surface area contributed by atoms with Gasteiger partial charge in [0.25, 0.3) is 5.91 Å². The fourth-order valence-electron chi connectivity index (χ4n) is 4.42. The van der Waals surface area contributed by atoms with Crippen LogP contribution in [0.2, 0.25) is 0 Å². The monoisotopic (exact) mass is 555 g/mol. The smallest absolute Gasteiger partial charge is 0.410 e. The molecule has 0 aromatic carbocycles. The zero-order chi connectivity index (χ0) is 29.9. The number of pyridine rings is 1. The van der Waals surface area contributed by atoms with Crippen molar-refractivity contribution in [3.05, 3.63) is 47.9 Å². The predicted octanol–water partition coefficient (Wildman–Crippen LogP) is 5.67. The highest BCUT2D eigenvalue weighted by Gasteiger charge is 2.34. The van der Waals surface area contributed by atoms with Gasteiger partial charge in [0, 0.05) is 45.9 Å². The van der Waals surface area contributed by atoms with Gasteiger partial charge in [-0.1, -0.05) is 38.5 Å². The summed E-state index contributed by atoms with van der Waals surface area (Å²) >= 11 is 0. The van der Waals surface area contributed by atoms with Crippen LogP contribution in [0, 0.1) is 5.41 Å². The van der Waals surface area contributed by atoms with E-state index in [1.54, 1.807) is 31.3 Å². The number of aromatic nitrogens is 1. The largest absolute Gasteiger partial charge is 0.444 e. The summed E-state index contributed by atoms with van der Waals surface area (Å²) in [6.45, 7) is 13.0. The number of hydrogen-bond donors (Lipinski definition) is 2. The second-order valence-electron chi connectivity index (χ2n) is 11.6. The molecule has 0 bridgehead atoms. The first kappa shape index (κ1) is 33.0. The lowest BCUT2D eigenvalue weighted by Crippen LogP contribution is -2.49. The van der Waals surface area contributed by atoms with Crippen LogP contribution in [0.1, 0.15) is 89.7 Å². The molecule has 1 aliphatic heterocycles. The van der Waals surface area contributed by atoms with Crippen molar-refractivity contribution in [2.45, 2.75) is 96.9 Å². The number of ether oxygens (including phenoxy) is 2. The fraction of sp³-hybridized carbons (Fsp3) is 0.613. The number of unbranched alkanes of at least 4 members (excludes halogenated alkanes) is 1. The first-order valence-electron chi connectivity index (χ1n) is 14.3. The Morgan fingerprint density at radius 1 is 1.25 bits per heavy atom. The maximum atomic E-state index is 12.8. The molecular weight excluding hydrogens is 506 g/mol. The summed E-state index contributed by atoms with van der Waals surface area (Å²) in [4.78, 5) is 32.6. The molecule has 0 aliphatic carbocycles. The van der Waals surface area contributed by atoms with Gasteiger partial charge in [0.2, 0.25) is 0 Å². The van der Waals surface area contributed by atoms with Gasteiger partial charge in [0.05, 0.1) is 12.1 Å². The van der Waals surface area contributed by atoms with E-state index in [0.29, 0.717) is 18.8 Å². The topological polar surface area (TPSA) is 108 Å². The Labute approximate surface area is 240 Å². The van der Waals surface area contributed by atoms with Crippen LogP contribution >= 0.6 is 0 Å². The van der Waals surface area contributed by atoms with E-state index in [-0.39, 0.29) is 18.0 Å². The second-order valence-corrected chi connectivity index (χ2v) is 11.6. The van der Waals surface area contributed by atoms with Crippen molar-refractivity contribution in [2.24, 2.45) is 0 Å². The maximum Gasteiger partial charge on any atom is 0.410 e. The maximum absolute atomic E-state index is 12.8. The van der Waals surface area contributed by atoms with Gasteiger partial charge >= 0.3 is 6.09 Å². The quantitative estimate of drug-likeness (QED) is 0.184. The van der Waals surface area contributed by atoms with Gasteiger partial charge in [-0.05, 0) is 70.6 Å². The lowest BCUT2D eigenvalue weighted by atomic mass is 9.94. The summed E-state index contributed by atoms with van der Waals surface area (Å²) in [6, 6.07) is 3.07. The first-order valence-corrected chi connectivity index (χ1v) is 14.3. The molecule has 1 fully saturated rings. The van der Waals surface area contributed by atoms with E-state index in [2.05, 4.69) is 17.2 Å². The molecule has 1 aromatic heterocycles. The third kappa shape index (κ3) is 9.47. The van der Waals surface area contributed by atoms with Crippen LogP contribution in [-0.4, -0.2) is 83.5 Å².